The Kier molecular flexibility index (Phi) is 9.86. The fourth-order valence-corrected chi connectivity index (χ4v) is 5.58. The Labute approximate surface area is 269 Å². The lowest BCUT2D eigenvalue weighted by molar-refractivity contribution is -0.162. The van der Waals surface area contributed by atoms with Crippen LogP contribution in [0.15, 0.2) is 97.1 Å². The van der Waals surface area contributed by atoms with Gasteiger partial charge in [0, 0.05) is 24.3 Å². The number of allylic oxidation sites excluding steroid dienone is 1. The van der Waals surface area contributed by atoms with Crippen LogP contribution in [0.3, 0.4) is 0 Å². The number of fused-ring (bicyclic) bond motifs is 1. The fourth-order valence-electron chi connectivity index (χ4n) is 5.58. The Hall–Kier alpha value is -4.79. The molecule has 2 aliphatic heterocycles. The van der Waals surface area contributed by atoms with E-state index in [4.69, 9.17) is 28.4 Å². The van der Waals surface area contributed by atoms with E-state index in [1.807, 2.05) is 72.8 Å². The van der Waals surface area contributed by atoms with Gasteiger partial charge in [-0.3, -0.25) is 4.79 Å². The minimum Gasteiger partial charge on any atom is -0.504 e. The van der Waals surface area contributed by atoms with Crippen molar-refractivity contribution in [3.8, 4) is 28.7 Å². The highest BCUT2D eigenvalue weighted by molar-refractivity contribution is 6.09. The molecule has 8 nitrogen and oxygen atoms in total. The molecular formula is C38H38O8. The van der Waals surface area contributed by atoms with Gasteiger partial charge in [-0.15, -0.1) is 0 Å². The number of unbranched alkanes of at least 4 members (excludes halogenated alkanes) is 1. The monoisotopic (exact) mass is 622 g/mol. The van der Waals surface area contributed by atoms with Crippen molar-refractivity contribution in [1.29, 1.82) is 0 Å². The van der Waals surface area contributed by atoms with Crippen LogP contribution in [0.4, 0.5) is 0 Å². The third-order valence-corrected chi connectivity index (χ3v) is 8.02. The predicted octanol–water partition coefficient (Wildman–Crippen LogP) is 7.67. The molecule has 0 bridgehead atoms. The van der Waals surface area contributed by atoms with Crippen molar-refractivity contribution in [3.05, 3.63) is 119 Å². The average molecular weight is 623 g/mol. The summed E-state index contributed by atoms with van der Waals surface area (Å²) < 4.78 is 35.6. The summed E-state index contributed by atoms with van der Waals surface area (Å²) in [4.78, 5) is 13.3. The number of ketones is 1. The Bertz CT molecular complexity index is 1610. The van der Waals surface area contributed by atoms with Gasteiger partial charge in [-0.1, -0.05) is 72.8 Å². The molecule has 0 aromatic heterocycles. The third-order valence-electron chi connectivity index (χ3n) is 8.02. The Morgan fingerprint density at radius 3 is 2.33 bits per heavy atom. The number of methoxy groups -OCH3 is 1. The molecule has 1 atom stereocenters. The zero-order chi connectivity index (χ0) is 31.8. The smallest absolute Gasteiger partial charge is 0.305 e. The van der Waals surface area contributed by atoms with E-state index >= 15 is 0 Å². The summed E-state index contributed by atoms with van der Waals surface area (Å²) in [5.74, 6) is -0.333. The molecule has 2 aliphatic rings. The van der Waals surface area contributed by atoms with Gasteiger partial charge in [0.1, 0.15) is 0 Å². The van der Waals surface area contributed by atoms with Crippen LogP contribution in [0.1, 0.15) is 59.2 Å². The summed E-state index contributed by atoms with van der Waals surface area (Å²) in [6.45, 7) is 1.94. The third kappa shape index (κ3) is 6.88. The Morgan fingerprint density at radius 2 is 1.63 bits per heavy atom. The molecule has 1 saturated heterocycles. The van der Waals surface area contributed by atoms with Gasteiger partial charge in [0.05, 0.1) is 19.3 Å². The molecular weight excluding hydrogens is 584 g/mol. The zero-order valence-corrected chi connectivity index (χ0v) is 25.9. The van der Waals surface area contributed by atoms with Crippen molar-refractivity contribution in [2.75, 3.05) is 26.9 Å². The van der Waals surface area contributed by atoms with Gasteiger partial charge in [0.15, 0.2) is 35.1 Å². The van der Waals surface area contributed by atoms with E-state index < -0.39 is 5.79 Å². The van der Waals surface area contributed by atoms with Crippen LogP contribution < -0.4 is 18.9 Å². The topological polar surface area (TPSA) is 92.7 Å². The number of carbonyl (C=O) groups is 1. The van der Waals surface area contributed by atoms with Gasteiger partial charge in [0.2, 0.25) is 5.75 Å². The number of ether oxygens (including phenoxy) is 6. The lowest BCUT2D eigenvalue weighted by Crippen LogP contribution is -2.36. The van der Waals surface area contributed by atoms with Crippen molar-refractivity contribution >= 4 is 11.9 Å². The normalized spacial score (nSPS) is 16.8. The van der Waals surface area contributed by atoms with Gasteiger partial charge in [-0.25, -0.2) is 0 Å². The molecule has 0 aliphatic carbocycles. The second-order valence-electron chi connectivity index (χ2n) is 11.2. The van der Waals surface area contributed by atoms with Gasteiger partial charge in [-0.05, 0) is 68.0 Å². The molecule has 2 heterocycles. The molecule has 1 unspecified atom stereocenters. The molecule has 1 fully saturated rings. The molecule has 6 rings (SSSR count). The zero-order valence-electron chi connectivity index (χ0n) is 25.9. The molecule has 0 radical (unpaired) electrons. The van der Waals surface area contributed by atoms with Gasteiger partial charge < -0.3 is 33.5 Å². The highest BCUT2D eigenvalue weighted by Crippen LogP contribution is 2.52. The van der Waals surface area contributed by atoms with E-state index in [0.717, 1.165) is 55.4 Å². The van der Waals surface area contributed by atoms with Crippen LogP contribution in [-0.4, -0.2) is 44.1 Å². The standard InChI is InChI=1S/C38H38O8/c1-41-34-26-27(18-21-32(34)42-23-10-11-25-44-35-16-8-9-24-43-35)17-20-31(39)30-19-22-33-37(36(30)40)46-38(45-33,28-12-4-2-5-13-28)29-14-6-3-7-15-29/h2-7,12-15,17-22,26,35,40H,8-11,16,23-25H2,1H3/b20-17+. The highest BCUT2D eigenvalue weighted by Gasteiger charge is 2.47. The van der Waals surface area contributed by atoms with Crippen molar-refractivity contribution in [2.24, 2.45) is 0 Å². The summed E-state index contributed by atoms with van der Waals surface area (Å²) in [5, 5.41) is 11.2. The summed E-state index contributed by atoms with van der Waals surface area (Å²) in [7, 11) is 1.58. The van der Waals surface area contributed by atoms with Crippen LogP contribution in [0, 0.1) is 0 Å². The van der Waals surface area contributed by atoms with Crippen LogP contribution in [0.25, 0.3) is 6.08 Å². The number of rotatable bonds is 13. The largest absolute Gasteiger partial charge is 0.504 e. The number of phenolic OH excluding ortho intramolecular Hbond substituents is 1. The summed E-state index contributed by atoms with van der Waals surface area (Å²) in [6, 6.07) is 27.7. The Balaban J connectivity index is 1.10. The maximum Gasteiger partial charge on any atom is 0.305 e. The Morgan fingerprint density at radius 1 is 0.891 bits per heavy atom. The van der Waals surface area contributed by atoms with Gasteiger partial charge in [0.25, 0.3) is 0 Å². The highest BCUT2D eigenvalue weighted by atomic mass is 16.7. The van der Waals surface area contributed by atoms with Crippen molar-refractivity contribution in [1.82, 2.24) is 0 Å². The molecule has 8 heteroatoms. The number of hydrogen-bond acceptors (Lipinski definition) is 8. The molecule has 0 saturated carbocycles. The first-order chi connectivity index (χ1) is 22.6. The summed E-state index contributed by atoms with van der Waals surface area (Å²) >= 11 is 0. The average Bonchev–Trinajstić information content (AvgIpc) is 3.52. The van der Waals surface area contributed by atoms with Crippen molar-refractivity contribution in [2.45, 2.75) is 44.2 Å². The minimum atomic E-state index is -1.31. The molecule has 0 spiro atoms. The molecule has 46 heavy (non-hydrogen) atoms. The second kappa shape index (κ2) is 14.5. The van der Waals surface area contributed by atoms with E-state index in [2.05, 4.69) is 0 Å². The lowest BCUT2D eigenvalue weighted by atomic mass is 9.97. The van der Waals surface area contributed by atoms with Crippen LogP contribution >= 0.6 is 0 Å². The molecule has 4 aromatic rings. The number of hydrogen-bond donors (Lipinski definition) is 1. The lowest BCUT2D eigenvalue weighted by Gasteiger charge is -2.28. The predicted molar refractivity (Wildman–Crippen MR) is 174 cm³/mol. The minimum absolute atomic E-state index is 0.0741. The number of phenols is 1. The van der Waals surface area contributed by atoms with Crippen LogP contribution in [0.5, 0.6) is 28.7 Å². The SMILES string of the molecule is COc1cc(/C=C/C(=O)c2ccc3c(c2O)OC(c2ccccc2)(c2ccccc2)O3)ccc1OCCCCOC1CCCCO1. The first-order valence-electron chi connectivity index (χ1n) is 15.7. The second-order valence-corrected chi connectivity index (χ2v) is 11.2. The first kappa shape index (κ1) is 31.2. The number of benzene rings is 4. The molecule has 238 valence electrons. The molecule has 0 amide bonds. The van der Waals surface area contributed by atoms with Crippen molar-refractivity contribution < 1.29 is 38.3 Å². The molecule has 1 N–H and O–H groups in total. The first-order valence-corrected chi connectivity index (χ1v) is 15.7. The maximum absolute atomic E-state index is 13.3. The van der Waals surface area contributed by atoms with Crippen LogP contribution in [-0.2, 0) is 15.3 Å². The fraction of sp³-hybridized carbons (Fsp3) is 0.289. The number of carbonyl (C=O) groups excluding carboxylic acids is 1. The summed E-state index contributed by atoms with van der Waals surface area (Å²) in [5.41, 5.74) is 2.35. The molecule has 4 aromatic carbocycles. The van der Waals surface area contributed by atoms with Crippen molar-refractivity contribution in [3.63, 3.8) is 0 Å². The summed E-state index contributed by atoms with van der Waals surface area (Å²) in [6.07, 6.45) is 7.93. The van der Waals surface area contributed by atoms with E-state index in [1.165, 1.54) is 6.08 Å². The van der Waals surface area contributed by atoms with E-state index in [0.29, 0.717) is 30.5 Å². The maximum atomic E-state index is 13.3. The van der Waals surface area contributed by atoms with E-state index in [-0.39, 0.29) is 29.1 Å². The van der Waals surface area contributed by atoms with Crippen LogP contribution in [0.2, 0.25) is 0 Å². The number of aromatic hydroxyl groups is 1. The van der Waals surface area contributed by atoms with E-state index in [9.17, 15) is 9.90 Å². The van der Waals surface area contributed by atoms with Gasteiger partial charge in [-0.2, -0.15) is 0 Å². The van der Waals surface area contributed by atoms with Gasteiger partial charge >= 0.3 is 5.79 Å². The van der Waals surface area contributed by atoms with E-state index in [1.54, 1.807) is 31.4 Å². The quantitative estimate of drug-likeness (QED) is 0.0923.